The Kier molecular flexibility index (Phi) is 4.83. The van der Waals surface area contributed by atoms with Crippen molar-refractivity contribution in [2.45, 2.75) is 13.8 Å². The minimum atomic E-state index is -0.487. The van der Waals surface area contributed by atoms with Gasteiger partial charge in [0.2, 0.25) is 0 Å². The molecule has 0 bridgehead atoms. The highest BCUT2D eigenvalue weighted by Crippen LogP contribution is 2.24. The number of halogens is 1. The normalized spacial score (nSPS) is 10.2. The second kappa shape index (κ2) is 6.62. The van der Waals surface area contributed by atoms with Gasteiger partial charge < -0.3 is 10.1 Å². The van der Waals surface area contributed by atoms with Gasteiger partial charge in [0.15, 0.2) is 0 Å². The lowest BCUT2D eigenvalue weighted by Gasteiger charge is -2.11. The highest BCUT2D eigenvalue weighted by molar-refractivity contribution is 6.34. The van der Waals surface area contributed by atoms with Crippen molar-refractivity contribution in [1.29, 1.82) is 0 Å². The minimum absolute atomic E-state index is 0.273. The van der Waals surface area contributed by atoms with Crippen molar-refractivity contribution in [3.63, 3.8) is 0 Å². The number of benzene rings is 2. The van der Waals surface area contributed by atoms with E-state index in [4.69, 9.17) is 11.6 Å². The molecule has 0 saturated heterocycles. The number of aryl methyl sites for hydroxylation is 2. The fourth-order valence-corrected chi connectivity index (χ4v) is 2.20. The molecule has 0 saturated carbocycles. The molecule has 0 spiro atoms. The molecular weight excluding hydrogens is 302 g/mol. The topological polar surface area (TPSA) is 55.4 Å². The Balaban J connectivity index is 2.32. The number of amides is 1. The van der Waals surface area contributed by atoms with Gasteiger partial charge in [0.05, 0.1) is 23.4 Å². The summed E-state index contributed by atoms with van der Waals surface area (Å²) in [4.78, 5) is 24.0. The molecular formula is C17H16ClNO3. The van der Waals surface area contributed by atoms with E-state index >= 15 is 0 Å². The van der Waals surface area contributed by atoms with E-state index in [0.717, 1.165) is 11.1 Å². The van der Waals surface area contributed by atoms with Gasteiger partial charge in [-0.05, 0) is 43.7 Å². The molecule has 1 N–H and O–H groups in total. The molecule has 2 aromatic rings. The highest BCUT2D eigenvalue weighted by Gasteiger charge is 2.14. The first-order valence-electron chi connectivity index (χ1n) is 6.69. The third kappa shape index (κ3) is 3.46. The summed E-state index contributed by atoms with van der Waals surface area (Å²) < 4.78 is 4.66. The molecule has 0 heterocycles. The summed E-state index contributed by atoms with van der Waals surface area (Å²) in [6.45, 7) is 3.78. The lowest BCUT2D eigenvalue weighted by Crippen LogP contribution is -2.14. The predicted octanol–water partition coefficient (Wildman–Crippen LogP) is 4.00. The Labute approximate surface area is 134 Å². The standard InChI is InChI=1S/C17H16ClNO3/c1-10-4-5-11(2)13(8-10)16(20)19-15-9-12(17(21)22-3)6-7-14(15)18/h4-9H,1-3H3,(H,19,20). The number of hydrogen-bond donors (Lipinski definition) is 1. The van der Waals surface area contributed by atoms with Crippen LogP contribution in [-0.2, 0) is 4.74 Å². The van der Waals surface area contributed by atoms with Crippen LogP contribution >= 0.6 is 11.6 Å². The van der Waals surface area contributed by atoms with Crippen molar-refractivity contribution in [1.82, 2.24) is 0 Å². The second-order valence-corrected chi connectivity index (χ2v) is 5.37. The molecule has 0 aromatic heterocycles. The van der Waals surface area contributed by atoms with E-state index in [1.165, 1.54) is 13.2 Å². The Bertz CT molecular complexity index is 741. The summed E-state index contributed by atoms with van der Waals surface area (Å²) in [5.41, 5.74) is 3.12. The lowest BCUT2D eigenvalue weighted by molar-refractivity contribution is 0.0600. The molecule has 0 atom stereocenters. The monoisotopic (exact) mass is 317 g/mol. The first kappa shape index (κ1) is 16.0. The maximum absolute atomic E-state index is 12.4. The van der Waals surface area contributed by atoms with Crippen LogP contribution < -0.4 is 5.32 Å². The van der Waals surface area contributed by atoms with Crippen LogP contribution in [0.1, 0.15) is 31.8 Å². The van der Waals surface area contributed by atoms with E-state index < -0.39 is 5.97 Å². The number of methoxy groups -OCH3 is 1. The van der Waals surface area contributed by atoms with Crippen LogP contribution in [0.2, 0.25) is 5.02 Å². The van der Waals surface area contributed by atoms with Crippen LogP contribution in [0.25, 0.3) is 0 Å². The Morgan fingerprint density at radius 1 is 1.09 bits per heavy atom. The summed E-state index contributed by atoms with van der Waals surface area (Å²) in [6, 6.07) is 10.2. The van der Waals surface area contributed by atoms with Crippen LogP contribution in [0.5, 0.6) is 0 Å². The first-order valence-corrected chi connectivity index (χ1v) is 7.06. The van der Waals surface area contributed by atoms with E-state index in [2.05, 4.69) is 10.1 Å². The zero-order valence-corrected chi connectivity index (χ0v) is 13.3. The molecule has 0 radical (unpaired) electrons. The number of rotatable bonds is 3. The zero-order chi connectivity index (χ0) is 16.3. The summed E-state index contributed by atoms with van der Waals surface area (Å²) >= 11 is 6.08. The second-order valence-electron chi connectivity index (χ2n) is 4.96. The largest absolute Gasteiger partial charge is 0.465 e. The maximum atomic E-state index is 12.4. The van der Waals surface area contributed by atoms with E-state index in [-0.39, 0.29) is 5.91 Å². The van der Waals surface area contributed by atoms with Crippen molar-refractivity contribution < 1.29 is 14.3 Å². The molecule has 0 unspecified atom stereocenters. The highest BCUT2D eigenvalue weighted by atomic mass is 35.5. The van der Waals surface area contributed by atoms with E-state index in [1.807, 2.05) is 32.0 Å². The Morgan fingerprint density at radius 3 is 2.50 bits per heavy atom. The lowest BCUT2D eigenvalue weighted by atomic mass is 10.0. The molecule has 1 amide bonds. The third-order valence-electron chi connectivity index (χ3n) is 3.27. The number of carbonyl (C=O) groups excluding carboxylic acids is 2. The summed E-state index contributed by atoms with van der Waals surface area (Å²) in [7, 11) is 1.30. The molecule has 114 valence electrons. The smallest absolute Gasteiger partial charge is 0.337 e. The van der Waals surface area contributed by atoms with Crippen molar-refractivity contribution >= 4 is 29.2 Å². The molecule has 0 aliphatic rings. The van der Waals surface area contributed by atoms with E-state index in [0.29, 0.717) is 21.8 Å². The van der Waals surface area contributed by atoms with Crippen LogP contribution in [0.15, 0.2) is 36.4 Å². The van der Waals surface area contributed by atoms with Gasteiger partial charge in [-0.15, -0.1) is 0 Å². The molecule has 0 aliphatic heterocycles. The number of esters is 1. The van der Waals surface area contributed by atoms with Crippen LogP contribution in [0.3, 0.4) is 0 Å². The van der Waals surface area contributed by atoms with Gasteiger partial charge in [0.1, 0.15) is 0 Å². The van der Waals surface area contributed by atoms with Crippen LogP contribution in [0.4, 0.5) is 5.69 Å². The number of anilines is 1. The quantitative estimate of drug-likeness (QED) is 0.871. The average molecular weight is 318 g/mol. The van der Waals surface area contributed by atoms with Gasteiger partial charge in [0.25, 0.3) is 5.91 Å². The van der Waals surface area contributed by atoms with Gasteiger partial charge in [-0.25, -0.2) is 4.79 Å². The van der Waals surface area contributed by atoms with Crippen LogP contribution in [0, 0.1) is 13.8 Å². The molecule has 5 heteroatoms. The van der Waals surface area contributed by atoms with Gasteiger partial charge in [-0.3, -0.25) is 4.79 Å². The molecule has 0 aliphatic carbocycles. The summed E-state index contributed by atoms with van der Waals surface area (Å²) in [5, 5.41) is 3.09. The van der Waals surface area contributed by atoms with Gasteiger partial charge >= 0.3 is 5.97 Å². The molecule has 4 nitrogen and oxygen atoms in total. The SMILES string of the molecule is COC(=O)c1ccc(Cl)c(NC(=O)c2cc(C)ccc2C)c1. The predicted molar refractivity (Wildman–Crippen MR) is 86.7 cm³/mol. The van der Waals surface area contributed by atoms with Gasteiger partial charge in [0, 0.05) is 5.56 Å². The number of hydrogen-bond acceptors (Lipinski definition) is 3. The minimum Gasteiger partial charge on any atom is -0.465 e. The maximum Gasteiger partial charge on any atom is 0.337 e. The van der Waals surface area contributed by atoms with Gasteiger partial charge in [-0.2, -0.15) is 0 Å². The van der Waals surface area contributed by atoms with Crippen molar-refractivity contribution in [2.24, 2.45) is 0 Å². The van der Waals surface area contributed by atoms with Gasteiger partial charge in [-0.1, -0.05) is 29.3 Å². The Morgan fingerprint density at radius 2 is 1.82 bits per heavy atom. The third-order valence-corrected chi connectivity index (χ3v) is 3.60. The first-order chi connectivity index (χ1) is 10.4. The number of ether oxygens (including phenoxy) is 1. The zero-order valence-electron chi connectivity index (χ0n) is 12.6. The molecule has 22 heavy (non-hydrogen) atoms. The molecule has 2 rings (SSSR count). The fourth-order valence-electron chi connectivity index (χ4n) is 2.04. The van der Waals surface area contributed by atoms with Crippen molar-refractivity contribution in [3.05, 3.63) is 63.7 Å². The van der Waals surface area contributed by atoms with E-state index in [9.17, 15) is 9.59 Å². The molecule has 0 fully saturated rings. The van der Waals surface area contributed by atoms with E-state index in [1.54, 1.807) is 12.1 Å². The van der Waals surface area contributed by atoms with Crippen LogP contribution in [-0.4, -0.2) is 19.0 Å². The number of nitrogens with one attached hydrogen (secondary N) is 1. The van der Waals surface area contributed by atoms with Crippen molar-refractivity contribution in [2.75, 3.05) is 12.4 Å². The Hall–Kier alpha value is -2.33. The average Bonchev–Trinajstić information content (AvgIpc) is 2.50. The molecule has 2 aromatic carbocycles. The fraction of sp³-hybridized carbons (Fsp3) is 0.176. The number of carbonyl (C=O) groups is 2. The van der Waals surface area contributed by atoms with Crippen molar-refractivity contribution in [3.8, 4) is 0 Å². The summed E-state index contributed by atoms with van der Waals surface area (Å²) in [5.74, 6) is -0.760. The summed E-state index contributed by atoms with van der Waals surface area (Å²) in [6.07, 6.45) is 0.